The Balaban J connectivity index is 2.22. The van der Waals surface area contributed by atoms with E-state index in [1.807, 2.05) is 26.8 Å². The van der Waals surface area contributed by atoms with Gasteiger partial charge in [0.25, 0.3) is 5.69 Å². The zero-order valence-corrected chi connectivity index (χ0v) is 14.6. The molecule has 0 unspecified atom stereocenters. The number of ether oxygens (including phenoxy) is 2. The second-order valence-electron chi connectivity index (χ2n) is 7.04. The van der Waals surface area contributed by atoms with Gasteiger partial charge in [0.15, 0.2) is 0 Å². The molecule has 1 aliphatic rings. The van der Waals surface area contributed by atoms with Crippen molar-refractivity contribution in [1.29, 1.82) is 0 Å². The largest absolute Gasteiger partial charge is 0.444 e. The van der Waals surface area contributed by atoms with Crippen LogP contribution >= 0.6 is 0 Å². The topological polar surface area (TPSA) is 81.9 Å². The van der Waals surface area contributed by atoms with Crippen LogP contribution in [0.15, 0.2) is 18.2 Å². The summed E-state index contributed by atoms with van der Waals surface area (Å²) in [5.74, 6) is 0. The predicted octanol–water partition coefficient (Wildman–Crippen LogP) is 3.64. The van der Waals surface area contributed by atoms with Gasteiger partial charge in [-0.15, -0.1) is 0 Å². The van der Waals surface area contributed by atoms with Crippen LogP contribution in [0, 0.1) is 10.1 Å². The Morgan fingerprint density at radius 1 is 1.29 bits per heavy atom. The molecule has 0 aromatic heterocycles. The number of nitro groups is 1. The van der Waals surface area contributed by atoms with Crippen molar-refractivity contribution >= 4 is 11.8 Å². The average Bonchev–Trinajstić information content (AvgIpc) is 3.27. The first-order valence-electron chi connectivity index (χ1n) is 7.95. The lowest BCUT2D eigenvalue weighted by molar-refractivity contribution is -0.385. The Morgan fingerprint density at radius 3 is 2.42 bits per heavy atom. The Hall–Kier alpha value is -2.15. The van der Waals surface area contributed by atoms with Gasteiger partial charge < -0.3 is 14.4 Å². The number of hydrogen-bond donors (Lipinski definition) is 0. The highest BCUT2D eigenvalue weighted by Crippen LogP contribution is 2.31. The van der Waals surface area contributed by atoms with Gasteiger partial charge in [-0.05, 0) is 44.7 Å². The molecular weight excluding hydrogens is 312 g/mol. The van der Waals surface area contributed by atoms with E-state index >= 15 is 0 Å². The molecule has 1 fully saturated rings. The molecule has 1 aliphatic carbocycles. The lowest BCUT2D eigenvalue weighted by Gasteiger charge is -2.27. The van der Waals surface area contributed by atoms with Crippen LogP contribution in [-0.4, -0.2) is 34.7 Å². The Morgan fingerprint density at radius 2 is 1.92 bits per heavy atom. The van der Waals surface area contributed by atoms with Gasteiger partial charge in [-0.3, -0.25) is 10.1 Å². The standard InChI is InChI=1S/C17H24N2O5/c1-17(2,3)24-16(20)18(14-5-6-14)10-12-7-13(11-23-4)9-15(8-12)19(21)22/h7-9,14H,5-6,10-11H2,1-4H3. The average molecular weight is 336 g/mol. The van der Waals surface area contributed by atoms with Gasteiger partial charge >= 0.3 is 6.09 Å². The number of amides is 1. The minimum absolute atomic E-state index is 0.000476. The van der Waals surface area contributed by atoms with Gasteiger partial charge in [-0.1, -0.05) is 6.07 Å². The van der Waals surface area contributed by atoms with E-state index in [-0.39, 0.29) is 31.0 Å². The molecule has 1 amide bonds. The van der Waals surface area contributed by atoms with Crippen LogP contribution in [0.5, 0.6) is 0 Å². The normalized spacial score (nSPS) is 14.3. The van der Waals surface area contributed by atoms with Gasteiger partial charge in [0.2, 0.25) is 0 Å². The van der Waals surface area contributed by atoms with Crippen molar-refractivity contribution in [2.24, 2.45) is 0 Å². The first-order valence-corrected chi connectivity index (χ1v) is 7.95. The highest BCUT2D eigenvalue weighted by atomic mass is 16.6. The molecule has 0 spiro atoms. The summed E-state index contributed by atoms with van der Waals surface area (Å²) in [6.07, 6.45) is 1.47. The molecule has 2 rings (SSSR count). The number of nitrogens with zero attached hydrogens (tertiary/aromatic N) is 2. The first-order chi connectivity index (χ1) is 11.2. The number of non-ortho nitro benzene ring substituents is 1. The summed E-state index contributed by atoms with van der Waals surface area (Å²) in [7, 11) is 1.54. The van der Waals surface area contributed by atoms with Crippen molar-refractivity contribution in [3.63, 3.8) is 0 Å². The van der Waals surface area contributed by atoms with Crippen molar-refractivity contribution in [1.82, 2.24) is 4.90 Å². The number of rotatable bonds is 6. The van der Waals surface area contributed by atoms with E-state index < -0.39 is 10.5 Å². The molecule has 24 heavy (non-hydrogen) atoms. The molecule has 0 saturated heterocycles. The molecule has 0 N–H and O–H groups in total. The van der Waals surface area contributed by atoms with E-state index in [1.165, 1.54) is 19.2 Å². The van der Waals surface area contributed by atoms with Crippen LogP contribution in [0.3, 0.4) is 0 Å². The fourth-order valence-corrected chi connectivity index (χ4v) is 2.44. The zero-order chi connectivity index (χ0) is 17.9. The van der Waals surface area contributed by atoms with Crippen molar-refractivity contribution in [3.8, 4) is 0 Å². The van der Waals surface area contributed by atoms with Crippen LogP contribution in [0.4, 0.5) is 10.5 Å². The first kappa shape index (κ1) is 18.2. The number of benzene rings is 1. The molecule has 1 saturated carbocycles. The molecular formula is C17H24N2O5. The Bertz CT molecular complexity index is 620. The van der Waals surface area contributed by atoms with Gasteiger partial charge in [0, 0.05) is 31.8 Å². The maximum Gasteiger partial charge on any atom is 0.410 e. The van der Waals surface area contributed by atoms with E-state index in [0.717, 1.165) is 12.8 Å². The lowest BCUT2D eigenvalue weighted by atomic mass is 10.1. The summed E-state index contributed by atoms with van der Waals surface area (Å²) in [6.45, 7) is 6.03. The summed E-state index contributed by atoms with van der Waals surface area (Å²) < 4.78 is 10.5. The number of nitro benzene ring substituents is 1. The van der Waals surface area contributed by atoms with E-state index in [1.54, 1.807) is 4.90 Å². The Kier molecular flexibility index (Phi) is 5.43. The lowest BCUT2D eigenvalue weighted by Crippen LogP contribution is -2.37. The van der Waals surface area contributed by atoms with Crippen molar-refractivity contribution in [3.05, 3.63) is 39.4 Å². The SMILES string of the molecule is COCc1cc(CN(C(=O)OC(C)(C)C)C2CC2)cc([N+](=O)[O-])c1. The van der Waals surface area contributed by atoms with Gasteiger partial charge in [-0.25, -0.2) is 4.79 Å². The van der Waals surface area contributed by atoms with Crippen molar-refractivity contribution in [2.75, 3.05) is 7.11 Å². The number of hydrogen-bond acceptors (Lipinski definition) is 5. The summed E-state index contributed by atoms with van der Waals surface area (Å²) in [5.41, 5.74) is 0.837. The minimum atomic E-state index is -0.575. The summed E-state index contributed by atoms with van der Waals surface area (Å²) in [6, 6.07) is 4.96. The fourth-order valence-electron chi connectivity index (χ4n) is 2.44. The van der Waals surface area contributed by atoms with Crippen molar-refractivity contribution < 1.29 is 19.2 Å². The van der Waals surface area contributed by atoms with Crippen LogP contribution in [0.2, 0.25) is 0 Å². The third-order valence-corrected chi connectivity index (χ3v) is 3.53. The van der Waals surface area contributed by atoms with Crippen LogP contribution in [0.1, 0.15) is 44.7 Å². The number of carbonyl (C=O) groups excluding carboxylic acids is 1. The maximum absolute atomic E-state index is 12.4. The molecule has 0 heterocycles. The third-order valence-electron chi connectivity index (χ3n) is 3.53. The third kappa shape index (κ3) is 5.19. The second-order valence-corrected chi connectivity index (χ2v) is 7.04. The molecule has 0 aliphatic heterocycles. The summed E-state index contributed by atoms with van der Waals surface area (Å²) >= 11 is 0. The molecule has 0 atom stereocenters. The highest BCUT2D eigenvalue weighted by Gasteiger charge is 2.35. The van der Waals surface area contributed by atoms with E-state index in [9.17, 15) is 14.9 Å². The molecule has 0 radical (unpaired) electrons. The molecule has 132 valence electrons. The molecule has 0 bridgehead atoms. The summed E-state index contributed by atoms with van der Waals surface area (Å²) in [4.78, 5) is 24.8. The number of carbonyl (C=O) groups is 1. The Labute approximate surface area is 141 Å². The quantitative estimate of drug-likeness (QED) is 0.585. The molecule has 7 nitrogen and oxygen atoms in total. The highest BCUT2D eigenvalue weighted by molar-refractivity contribution is 5.69. The fraction of sp³-hybridized carbons (Fsp3) is 0.588. The van der Waals surface area contributed by atoms with Crippen molar-refractivity contribution in [2.45, 2.75) is 58.4 Å². The van der Waals surface area contributed by atoms with E-state index in [4.69, 9.17) is 9.47 Å². The monoisotopic (exact) mass is 336 g/mol. The predicted molar refractivity (Wildman–Crippen MR) is 88.6 cm³/mol. The molecule has 1 aromatic rings. The zero-order valence-electron chi connectivity index (χ0n) is 14.6. The number of methoxy groups -OCH3 is 1. The smallest absolute Gasteiger partial charge is 0.410 e. The van der Waals surface area contributed by atoms with E-state index in [0.29, 0.717) is 11.1 Å². The van der Waals surface area contributed by atoms with Crippen LogP contribution in [-0.2, 0) is 22.6 Å². The second kappa shape index (κ2) is 7.17. The summed E-state index contributed by atoms with van der Waals surface area (Å²) in [5, 5.41) is 11.1. The van der Waals surface area contributed by atoms with E-state index in [2.05, 4.69) is 0 Å². The van der Waals surface area contributed by atoms with Crippen LogP contribution < -0.4 is 0 Å². The van der Waals surface area contributed by atoms with Gasteiger partial charge in [0.05, 0.1) is 11.5 Å². The minimum Gasteiger partial charge on any atom is -0.444 e. The maximum atomic E-state index is 12.4. The molecule has 1 aromatic carbocycles. The van der Waals surface area contributed by atoms with Gasteiger partial charge in [0.1, 0.15) is 5.60 Å². The van der Waals surface area contributed by atoms with Gasteiger partial charge in [-0.2, -0.15) is 0 Å². The van der Waals surface area contributed by atoms with Crippen LogP contribution in [0.25, 0.3) is 0 Å². The molecule has 7 heteroatoms.